The number of amides is 1. The molecule has 0 aliphatic heterocycles. The Hall–Kier alpha value is -3.89. The Kier molecular flexibility index (Phi) is 4.95. The predicted molar refractivity (Wildman–Crippen MR) is 125 cm³/mol. The number of carbonyl (C=O) groups excluding carboxylic acids is 1. The molecule has 0 unspecified atom stereocenters. The minimum atomic E-state index is -2.85. The predicted octanol–water partition coefficient (Wildman–Crippen LogP) is 3.81. The van der Waals surface area contributed by atoms with Gasteiger partial charge in [0.1, 0.15) is 17.9 Å². The third-order valence-electron chi connectivity index (χ3n) is 4.14. The van der Waals surface area contributed by atoms with Crippen LogP contribution >= 0.6 is 0 Å². The molecular weight excluding hydrogens is 390 g/mol. The van der Waals surface area contributed by atoms with Crippen LogP contribution in [0.5, 0.6) is 5.75 Å². The number of aromatic nitrogens is 2. The highest BCUT2D eigenvalue weighted by Gasteiger charge is 2.13. The fourth-order valence-electron chi connectivity index (χ4n) is 2.82. The van der Waals surface area contributed by atoms with Crippen LogP contribution in [0.3, 0.4) is 0 Å². The molecule has 2 aromatic carbocycles. The van der Waals surface area contributed by atoms with Crippen LogP contribution in [0.4, 0.5) is 17.2 Å². The van der Waals surface area contributed by atoms with Crippen LogP contribution in [0.1, 0.15) is 20.7 Å². The van der Waals surface area contributed by atoms with E-state index in [1.165, 1.54) is 12.4 Å². The van der Waals surface area contributed by atoms with Gasteiger partial charge in [0.05, 0.1) is 17.8 Å². The van der Waals surface area contributed by atoms with E-state index in [0.29, 0.717) is 50.9 Å². The van der Waals surface area contributed by atoms with Crippen molar-refractivity contribution in [1.29, 1.82) is 0 Å². The summed E-state index contributed by atoms with van der Waals surface area (Å²) in [6.45, 7) is -4.06. The average Bonchev–Trinajstić information content (AvgIpc) is 2.81. The quantitative estimate of drug-likeness (QED) is 0.425. The van der Waals surface area contributed by atoms with Gasteiger partial charge in [-0.05, 0) is 45.1 Å². The van der Waals surface area contributed by atoms with E-state index in [2.05, 4.69) is 26.5 Å². The molecule has 0 bridgehead atoms. The fourth-order valence-corrected chi connectivity index (χ4v) is 2.82. The summed E-state index contributed by atoms with van der Waals surface area (Å²) in [6.07, 6.45) is 9.12. The van der Waals surface area contributed by atoms with Gasteiger partial charge in [0.25, 0.3) is 0 Å². The van der Waals surface area contributed by atoms with E-state index in [4.69, 9.17) is 19.4 Å². The van der Waals surface area contributed by atoms with E-state index in [9.17, 15) is 4.79 Å². The fraction of sp³-hybridized carbons (Fsp3) is 0.208. The van der Waals surface area contributed by atoms with Gasteiger partial charge in [-0.2, -0.15) is 0 Å². The van der Waals surface area contributed by atoms with Gasteiger partial charge in [-0.15, -0.1) is 6.42 Å². The first-order valence-corrected chi connectivity index (χ1v) is 9.43. The minimum absolute atomic E-state index is 0.322. The van der Waals surface area contributed by atoms with Gasteiger partial charge < -0.3 is 20.3 Å². The Morgan fingerprint density at radius 2 is 2.19 bits per heavy atom. The normalized spacial score (nSPS) is 14.6. The van der Waals surface area contributed by atoms with E-state index in [-0.39, 0.29) is 0 Å². The Morgan fingerprint density at radius 3 is 2.97 bits per heavy atom. The van der Waals surface area contributed by atoms with Gasteiger partial charge in [0.2, 0.25) is 5.91 Å². The minimum Gasteiger partial charge on any atom is -0.492 e. The van der Waals surface area contributed by atoms with Crippen LogP contribution in [0.25, 0.3) is 10.9 Å². The molecule has 0 saturated carbocycles. The van der Waals surface area contributed by atoms with Crippen molar-refractivity contribution in [2.24, 2.45) is 0 Å². The highest BCUT2D eigenvalue weighted by atomic mass is 16.5. The zero-order valence-corrected chi connectivity index (χ0v) is 16.8. The molecule has 0 atom stereocenters. The van der Waals surface area contributed by atoms with Crippen LogP contribution in [0.2, 0.25) is 0 Å². The number of anilines is 3. The Balaban J connectivity index is 1.89. The third kappa shape index (κ3) is 5.81. The Bertz CT molecular complexity index is 1330. The number of ether oxygens (including phenoxy) is 1. The van der Waals surface area contributed by atoms with Gasteiger partial charge in [-0.3, -0.25) is 4.79 Å². The number of hydrogen-bond donors (Lipinski definition) is 2. The maximum atomic E-state index is 12.6. The van der Waals surface area contributed by atoms with Crippen molar-refractivity contribution < 1.29 is 17.8 Å². The molecule has 1 amide bonds. The molecule has 0 aliphatic carbocycles. The van der Waals surface area contributed by atoms with Crippen molar-refractivity contribution in [2.45, 2.75) is 6.92 Å². The van der Waals surface area contributed by atoms with Crippen LogP contribution in [-0.2, 0) is 4.79 Å². The van der Waals surface area contributed by atoms with Crippen LogP contribution in [-0.4, -0.2) is 47.9 Å². The third-order valence-corrected chi connectivity index (χ3v) is 4.14. The Labute approximate surface area is 190 Å². The van der Waals surface area contributed by atoms with Gasteiger partial charge in [-0.25, -0.2) is 9.97 Å². The molecule has 3 aromatic rings. The molecule has 0 spiro atoms. The smallest absolute Gasteiger partial charge is 0.248 e. The molecule has 158 valence electrons. The highest BCUT2D eigenvalue weighted by molar-refractivity contribution is 6.03. The molecule has 3 rings (SSSR count). The number of fused-ring (bicyclic) bond motifs is 1. The van der Waals surface area contributed by atoms with Gasteiger partial charge in [0, 0.05) is 43.5 Å². The van der Waals surface area contributed by atoms with Crippen molar-refractivity contribution in [3.8, 4) is 18.1 Å². The number of terminal acetylenes is 1. The monoisotopic (exact) mass is 421 g/mol. The lowest BCUT2D eigenvalue weighted by Crippen LogP contribution is -2.13. The second-order valence-electron chi connectivity index (χ2n) is 6.37. The van der Waals surface area contributed by atoms with E-state index in [1.807, 2.05) is 12.1 Å². The summed E-state index contributed by atoms with van der Waals surface area (Å²) in [5.41, 5.74) is 2.29. The van der Waals surface area contributed by atoms with Crippen molar-refractivity contribution in [3.05, 3.63) is 60.4 Å². The number of nitrogens with zero attached hydrogens (tertiary/aromatic N) is 3. The standard InChI is InChI=1S/C24H25N5O2/c1-5-17-9-7-10-18(13-17)27-24-19-14-21(28-23(30)11-8-12-29(3)4)22(31-6-2)15-20(19)25-16-26-24/h1,7-11,13-16H,6,12H2,2-4H3,(H,28,30)(H,25,26,27)/i3D3,4D3. The lowest BCUT2D eigenvalue weighted by Gasteiger charge is -2.14. The second-order valence-corrected chi connectivity index (χ2v) is 6.37. The summed E-state index contributed by atoms with van der Waals surface area (Å²) in [5, 5.41) is 6.48. The molecule has 31 heavy (non-hydrogen) atoms. The van der Waals surface area contributed by atoms with Gasteiger partial charge in [-0.1, -0.05) is 18.1 Å². The number of benzene rings is 2. The van der Waals surface area contributed by atoms with E-state index in [1.54, 1.807) is 31.2 Å². The van der Waals surface area contributed by atoms with Crippen molar-refractivity contribution in [3.63, 3.8) is 0 Å². The summed E-state index contributed by atoms with van der Waals surface area (Å²) in [4.78, 5) is 21.6. The molecule has 0 aliphatic rings. The molecule has 2 N–H and O–H groups in total. The number of likely N-dealkylation sites (N-methyl/N-ethyl adjacent to an activating group) is 1. The van der Waals surface area contributed by atoms with Gasteiger partial charge in [0.15, 0.2) is 0 Å². The lowest BCUT2D eigenvalue weighted by atomic mass is 10.1. The van der Waals surface area contributed by atoms with E-state index in [0.717, 1.165) is 6.08 Å². The molecule has 0 saturated heterocycles. The molecule has 1 heterocycles. The molecule has 1 aromatic heterocycles. The zero-order chi connectivity index (χ0) is 27.2. The molecular formula is C24H25N5O2. The summed E-state index contributed by atoms with van der Waals surface area (Å²) in [5.74, 6) is 2.80. The summed E-state index contributed by atoms with van der Waals surface area (Å²) in [7, 11) is 0. The van der Waals surface area contributed by atoms with Crippen molar-refractivity contribution in [1.82, 2.24) is 14.9 Å². The molecule has 0 radical (unpaired) electrons. The van der Waals surface area contributed by atoms with Crippen molar-refractivity contribution >= 4 is 34.0 Å². The number of hydrogen-bond acceptors (Lipinski definition) is 6. The van der Waals surface area contributed by atoms with Crippen LogP contribution < -0.4 is 15.4 Å². The van der Waals surface area contributed by atoms with Crippen LogP contribution in [0, 0.1) is 12.3 Å². The zero-order valence-electron chi connectivity index (χ0n) is 22.8. The molecule has 7 heteroatoms. The molecule has 7 nitrogen and oxygen atoms in total. The SMILES string of the molecule is [2H]C([2H])([2H])N(CC=CC(=O)Nc1cc2c(Nc3cccc(C#C)c3)ncnc2cc1OCC)C([2H])([2H])[2H]. The number of rotatable bonds is 8. The second kappa shape index (κ2) is 10.2. The topological polar surface area (TPSA) is 79.4 Å². The number of carbonyl (C=O) groups is 1. The highest BCUT2D eigenvalue weighted by Crippen LogP contribution is 2.33. The van der Waals surface area contributed by atoms with E-state index >= 15 is 0 Å². The summed E-state index contributed by atoms with van der Waals surface area (Å²) in [6, 6.07) is 10.5. The summed E-state index contributed by atoms with van der Waals surface area (Å²) < 4.78 is 50.1. The van der Waals surface area contributed by atoms with Gasteiger partial charge >= 0.3 is 0 Å². The first-order valence-electron chi connectivity index (χ1n) is 12.4. The summed E-state index contributed by atoms with van der Waals surface area (Å²) >= 11 is 0. The first kappa shape index (κ1) is 15.0. The number of nitrogens with one attached hydrogen (secondary N) is 2. The Morgan fingerprint density at radius 1 is 1.32 bits per heavy atom. The lowest BCUT2D eigenvalue weighted by molar-refractivity contribution is -0.111. The maximum Gasteiger partial charge on any atom is 0.248 e. The van der Waals surface area contributed by atoms with Crippen molar-refractivity contribution in [2.75, 3.05) is 37.7 Å². The molecule has 0 fully saturated rings. The maximum absolute atomic E-state index is 12.6. The van der Waals surface area contributed by atoms with E-state index < -0.39 is 26.4 Å². The van der Waals surface area contributed by atoms with Crippen LogP contribution in [0.15, 0.2) is 54.9 Å². The first-order chi connectivity index (χ1) is 17.4. The average molecular weight is 422 g/mol. The largest absolute Gasteiger partial charge is 0.492 e.